The van der Waals surface area contributed by atoms with Crippen LogP contribution in [0.15, 0.2) is 18.3 Å². The molecule has 2 rings (SSSR count). The molecule has 0 saturated carbocycles. The zero-order valence-electron chi connectivity index (χ0n) is 11.7. The second-order valence-corrected chi connectivity index (χ2v) is 4.90. The van der Waals surface area contributed by atoms with Gasteiger partial charge >= 0.3 is 5.97 Å². The van der Waals surface area contributed by atoms with Gasteiger partial charge in [0.25, 0.3) is 0 Å². The lowest BCUT2D eigenvalue weighted by atomic mass is 9.83. The van der Waals surface area contributed by atoms with Gasteiger partial charge in [-0.25, -0.2) is 4.98 Å². The van der Waals surface area contributed by atoms with Gasteiger partial charge in [-0.2, -0.15) is 5.21 Å². The van der Waals surface area contributed by atoms with Gasteiger partial charge in [-0.3, -0.25) is 4.79 Å². The van der Waals surface area contributed by atoms with Crippen LogP contribution in [0.5, 0.6) is 0 Å². The van der Waals surface area contributed by atoms with E-state index >= 15 is 0 Å². The third-order valence-electron chi connectivity index (χ3n) is 3.40. The Morgan fingerprint density at radius 3 is 2.90 bits per heavy atom. The first-order valence-electron chi connectivity index (χ1n) is 6.78. The number of pyridine rings is 1. The molecule has 0 spiro atoms. The molecule has 2 heterocycles. The van der Waals surface area contributed by atoms with Crippen LogP contribution in [0.3, 0.4) is 0 Å². The number of nitrogen functional groups attached to an aromatic ring is 1. The summed E-state index contributed by atoms with van der Waals surface area (Å²) in [6.07, 6.45) is 3.40. The highest BCUT2D eigenvalue weighted by molar-refractivity contribution is 5.71. The first kappa shape index (κ1) is 14.9. The highest BCUT2D eigenvalue weighted by Crippen LogP contribution is 2.29. The number of tetrazole rings is 1. The molecular weight excluding hydrogens is 272 g/mol. The fourth-order valence-corrected chi connectivity index (χ4v) is 2.42. The number of H-pyrrole nitrogens is 1. The van der Waals surface area contributed by atoms with Crippen LogP contribution < -0.4 is 5.73 Å². The van der Waals surface area contributed by atoms with Gasteiger partial charge in [-0.15, -0.1) is 10.2 Å². The maximum atomic E-state index is 11.6. The van der Waals surface area contributed by atoms with E-state index in [1.54, 1.807) is 12.3 Å². The SMILES string of the molecule is CCC[C@H](C(=O)O)[C@H](Cc1ccnc(N)c1)c1nn[nH]n1. The zero-order chi connectivity index (χ0) is 15.2. The first-order valence-corrected chi connectivity index (χ1v) is 6.78. The Hall–Kier alpha value is -2.51. The summed E-state index contributed by atoms with van der Waals surface area (Å²) >= 11 is 0. The lowest BCUT2D eigenvalue weighted by Gasteiger charge is -2.21. The molecular formula is C13H18N6O2. The van der Waals surface area contributed by atoms with Gasteiger partial charge in [0.1, 0.15) is 5.82 Å². The van der Waals surface area contributed by atoms with Crippen molar-refractivity contribution in [3.63, 3.8) is 0 Å². The van der Waals surface area contributed by atoms with E-state index < -0.39 is 11.9 Å². The normalized spacial score (nSPS) is 13.8. The summed E-state index contributed by atoms with van der Waals surface area (Å²) in [6.45, 7) is 1.95. The third-order valence-corrected chi connectivity index (χ3v) is 3.40. The van der Waals surface area contributed by atoms with Crippen LogP contribution in [0, 0.1) is 5.92 Å². The molecule has 0 fully saturated rings. The summed E-state index contributed by atoms with van der Waals surface area (Å²) < 4.78 is 0. The zero-order valence-corrected chi connectivity index (χ0v) is 11.7. The predicted octanol–water partition coefficient (Wildman–Crippen LogP) is 1.00. The van der Waals surface area contributed by atoms with Gasteiger partial charge in [0.05, 0.1) is 5.92 Å². The highest BCUT2D eigenvalue weighted by Gasteiger charge is 2.31. The summed E-state index contributed by atoms with van der Waals surface area (Å²) in [5.74, 6) is -0.966. The Balaban J connectivity index is 2.30. The van der Waals surface area contributed by atoms with E-state index in [1.807, 2.05) is 13.0 Å². The van der Waals surface area contributed by atoms with Crippen molar-refractivity contribution in [1.29, 1.82) is 0 Å². The van der Waals surface area contributed by atoms with Crippen molar-refractivity contribution in [3.8, 4) is 0 Å². The number of hydrogen-bond donors (Lipinski definition) is 3. The minimum absolute atomic E-state index is 0.358. The number of rotatable bonds is 7. The summed E-state index contributed by atoms with van der Waals surface area (Å²) in [6, 6.07) is 3.55. The Bertz CT molecular complexity index is 586. The molecule has 112 valence electrons. The Labute approximate surface area is 121 Å². The maximum absolute atomic E-state index is 11.6. The number of nitrogens with one attached hydrogen (secondary N) is 1. The summed E-state index contributed by atoms with van der Waals surface area (Å²) in [7, 11) is 0. The number of carbonyl (C=O) groups is 1. The van der Waals surface area contributed by atoms with E-state index in [1.165, 1.54) is 0 Å². The molecule has 4 N–H and O–H groups in total. The maximum Gasteiger partial charge on any atom is 0.307 e. The number of carboxylic acids is 1. The van der Waals surface area contributed by atoms with Gasteiger partial charge in [0.15, 0.2) is 5.82 Å². The number of carboxylic acid groups (broad SMARTS) is 1. The van der Waals surface area contributed by atoms with Gasteiger partial charge in [0, 0.05) is 12.1 Å². The molecule has 2 aromatic heterocycles. The summed E-state index contributed by atoms with van der Waals surface area (Å²) in [4.78, 5) is 15.5. The largest absolute Gasteiger partial charge is 0.481 e. The number of nitrogens with two attached hydrogens (primary N) is 1. The van der Waals surface area contributed by atoms with E-state index in [-0.39, 0.29) is 5.92 Å². The summed E-state index contributed by atoms with van der Waals surface area (Å²) in [5, 5.41) is 23.3. The molecule has 8 heteroatoms. The molecule has 8 nitrogen and oxygen atoms in total. The molecule has 0 aliphatic rings. The summed E-state index contributed by atoms with van der Waals surface area (Å²) in [5.41, 5.74) is 6.57. The molecule has 0 unspecified atom stereocenters. The van der Waals surface area contributed by atoms with E-state index in [2.05, 4.69) is 25.6 Å². The monoisotopic (exact) mass is 290 g/mol. The number of aliphatic carboxylic acids is 1. The van der Waals surface area contributed by atoms with Gasteiger partial charge in [-0.1, -0.05) is 18.6 Å². The molecule has 21 heavy (non-hydrogen) atoms. The van der Waals surface area contributed by atoms with Crippen molar-refractivity contribution in [3.05, 3.63) is 29.7 Å². The van der Waals surface area contributed by atoms with Gasteiger partial charge in [-0.05, 0) is 30.5 Å². The van der Waals surface area contributed by atoms with Crippen LogP contribution in [-0.4, -0.2) is 36.7 Å². The second kappa shape index (κ2) is 6.78. The van der Waals surface area contributed by atoms with Crippen molar-refractivity contribution < 1.29 is 9.90 Å². The fourth-order valence-electron chi connectivity index (χ4n) is 2.42. The third kappa shape index (κ3) is 3.74. The molecule has 0 aromatic carbocycles. The van der Waals surface area contributed by atoms with Gasteiger partial charge < -0.3 is 10.8 Å². The highest BCUT2D eigenvalue weighted by atomic mass is 16.4. The lowest BCUT2D eigenvalue weighted by Crippen LogP contribution is -2.25. The van der Waals surface area contributed by atoms with Crippen molar-refractivity contribution in [2.75, 3.05) is 5.73 Å². The van der Waals surface area contributed by atoms with Crippen molar-refractivity contribution in [1.82, 2.24) is 25.6 Å². The fraction of sp³-hybridized carbons (Fsp3) is 0.462. The van der Waals surface area contributed by atoms with Crippen molar-refractivity contribution >= 4 is 11.8 Å². The Kier molecular flexibility index (Phi) is 4.81. The first-order chi connectivity index (χ1) is 10.1. The predicted molar refractivity (Wildman–Crippen MR) is 75.3 cm³/mol. The van der Waals surface area contributed by atoms with Crippen LogP contribution in [0.1, 0.15) is 37.1 Å². The number of anilines is 1. The molecule has 0 amide bonds. The molecule has 0 bridgehead atoms. The Morgan fingerprint density at radius 2 is 2.33 bits per heavy atom. The second-order valence-electron chi connectivity index (χ2n) is 4.90. The minimum atomic E-state index is -0.853. The molecule has 2 atom stereocenters. The topological polar surface area (TPSA) is 131 Å². The minimum Gasteiger partial charge on any atom is -0.481 e. The molecule has 0 saturated heterocycles. The molecule has 0 aliphatic carbocycles. The lowest BCUT2D eigenvalue weighted by molar-refractivity contribution is -0.142. The van der Waals surface area contributed by atoms with E-state index in [9.17, 15) is 9.90 Å². The van der Waals surface area contributed by atoms with Crippen molar-refractivity contribution in [2.24, 2.45) is 5.92 Å². The number of aromatic amines is 1. The average molecular weight is 290 g/mol. The van der Waals surface area contributed by atoms with Crippen LogP contribution in [0.4, 0.5) is 5.82 Å². The molecule has 0 radical (unpaired) electrons. The smallest absolute Gasteiger partial charge is 0.307 e. The number of aromatic nitrogens is 5. The quantitative estimate of drug-likeness (QED) is 0.693. The van der Waals surface area contributed by atoms with Crippen LogP contribution in [0.25, 0.3) is 0 Å². The van der Waals surface area contributed by atoms with E-state index in [0.29, 0.717) is 24.5 Å². The molecule has 2 aromatic rings. The van der Waals surface area contributed by atoms with Crippen LogP contribution in [0.2, 0.25) is 0 Å². The average Bonchev–Trinajstić information content (AvgIpc) is 2.96. The number of nitrogens with zero attached hydrogens (tertiary/aromatic N) is 4. The Morgan fingerprint density at radius 1 is 1.52 bits per heavy atom. The van der Waals surface area contributed by atoms with Crippen LogP contribution in [-0.2, 0) is 11.2 Å². The van der Waals surface area contributed by atoms with E-state index in [4.69, 9.17) is 5.73 Å². The molecule has 0 aliphatic heterocycles. The van der Waals surface area contributed by atoms with Crippen molar-refractivity contribution in [2.45, 2.75) is 32.1 Å². The number of hydrogen-bond acceptors (Lipinski definition) is 6. The van der Waals surface area contributed by atoms with Gasteiger partial charge in [0.2, 0.25) is 0 Å². The van der Waals surface area contributed by atoms with Crippen LogP contribution >= 0.6 is 0 Å². The van der Waals surface area contributed by atoms with E-state index in [0.717, 1.165) is 12.0 Å². The standard InChI is InChI=1S/C13H18N6O2/c1-2-3-9(13(20)21)10(12-16-18-19-17-12)6-8-4-5-15-11(14)7-8/h4-5,7,9-10H,2-3,6H2,1H3,(H2,14,15)(H,20,21)(H,16,17,18,19)/t9-,10-/m0/s1.